The van der Waals surface area contributed by atoms with Gasteiger partial charge in [0.25, 0.3) is 10.1 Å². The zero-order valence-electron chi connectivity index (χ0n) is 6.32. The largest absolute Gasteiger partial charge is 0.294 e. The van der Waals surface area contributed by atoms with Crippen LogP contribution in [0.3, 0.4) is 0 Å². The van der Waals surface area contributed by atoms with Gasteiger partial charge in [-0.25, -0.2) is 0 Å². The normalized spacial score (nSPS) is 15.1. The number of benzene rings is 1. The minimum Gasteiger partial charge on any atom is -0.282 e. The third-order valence-electron chi connectivity index (χ3n) is 2.15. The lowest BCUT2D eigenvalue weighted by atomic mass is 9.89. The van der Waals surface area contributed by atoms with Crippen molar-refractivity contribution in [1.29, 1.82) is 0 Å². The molecule has 1 aromatic rings. The molecule has 64 valence electrons. The van der Waals surface area contributed by atoms with E-state index in [1.165, 1.54) is 6.07 Å². The summed E-state index contributed by atoms with van der Waals surface area (Å²) in [4.78, 5) is 0.0752. The van der Waals surface area contributed by atoms with Crippen LogP contribution < -0.4 is 0 Å². The Labute approximate surface area is 70.8 Å². The van der Waals surface area contributed by atoms with Gasteiger partial charge in [0.15, 0.2) is 0 Å². The van der Waals surface area contributed by atoms with E-state index in [0.717, 1.165) is 24.0 Å². The third-order valence-corrected chi connectivity index (χ3v) is 3.09. The molecule has 0 spiro atoms. The minimum atomic E-state index is -4.00. The molecule has 0 aromatic heterocycles. The second kappa shape index (κ2) is 2.31. The molecule has 1 N–H and O–H groups in total. The Bertz CT molecular complexity index is 420. The molecule has 2 rings (SSSR count). The van der Waals surface area contributed by atoms with Crippen LogP contribution in [0.25, 0.3) is 0 Å². The summed E-state index contributed by atoms with van der Waals surface area (Å²) < 4.78 is 30.4. The highest BCUT2D eigenvalue weighted by Gasteiger charge is 2.22. The van der Waals surface area contributed by atoms with Crippen molar-refractivity contribution in [3.05, 3.63) is 29.3 Å². The van der Waals surface area contributed by atoms with Crippen molar-refractivity contribution in [3.63, 3.8) is 0 Å². The predicted molar refractivity (Wildman–Crippen MR) is 43.7 cm³/mol. The smallest absolute Gasteiger partial charge is 0.282 e. The monoisotopic (exact) mass is 184 g/mol. The fourth-order valence-electron chi connectivity index (χ4n) is 1.45. The number of hydrogen-bond acceptors (Lipinski definition) is 2. The standard InChI is InChI=1S/C8H8O3S/c9-12(10,11)8-3-1-2-6-4-5-7(6)8/h1-3H,4-5H2,(H,9,10,11). The lowest BCUT2D eigenvalue weighted by Crippen LogP contribution is -2.14. The van der Waals surface area contributed by atoms with Gasteiger partial charge in [-0.2, -0.15) is 8.42 Å². The highest BCUT2D eigenvalue weighted by molar-refractivity contribution is 7.85. The molecule has 0 aliphatic heterocycles. The van der Waals surface area contributed by atoms with Gasteiger partial charge in [-0.3, -0.25) is 4.55 Å². The second-order valence-electron chi connectivity index (χ2n) is 2.87. The lowest BCUT2D eigenvalue weighted by molar-refractivity contribution is 0.481. The first-order valence-corrected chi connectivity index (χ1v) is 5.11. The van der Waals surface area contributed by atoms with Crippen LogP contribution in [0, 0.1) is 0 Å². The molecule has 0 fully saturated rings. The van der Waals surface area contributed by atoms with E-state index in [0.29, 0.717) is 0 Å². The SMILES string of the molecule is O=S(=O)(O)c1cccc2c1CC2. The van der Waals surface area contributed by atoms with E-state index in [-0.39, 0.29) is 4.90 Å². The van der Waals surface area contributed by atoms with Crippen LogP contribution in [0.4, 0.5) is 0 Å². The first kappa shape index (κ1) is 7.76. The second-order valence-corrected chi connectivity index (χ2v) is 4.26. The molecular formula is C8H8O3S. The Morgan fingerprint density at radius 1 is 1.25 bits per heavy atom. The van der Waals surface area contributed by atoms with Crippen LogP contribution in [-0.4, -0.2) is 13.0 Å². The molecule has 0 saturated heterocycles. The molecule has 0 saturated carbocycles. The maximum absolute atomic E-state index is 10.8. The van der Waals surface area contributed by atoms with Crippen molar-refractivity contribution in [2.45, 2.75) is 17.7 Å². The van der Waals surface area contributed by atoms with Crippen LogP contribution in [-0.2, 0) is 23.0 Å². The summed E-state index contributed by atoms with van der Waals surface area (Å²) in [5.74, 6) is 0. The fourth-order valence-corrected chi connectivity index (χ4v) is 2.25. The summed E-state index contributed by atoms with van der Waals surface area (Å²) in [5, 5.41) is 0. The van der Waals surface area contributed by atoms with E-state index in [2.05, 4.69) is 0 Å². The minimum absolute atomic E-state index is 0.0752. The van der Waals surface area contributed by atoms with Crippen molar-refractivity contribution < 1.29 is 13.0 Å². The molecule has 12 heavy (non-hydrogen) atoms. The van der Waals surface area contributed by atoms with E-state index < -0.39 is 10.1 Å². The molecule has 0 amide bonds. The van der Waals surface area contributed by atoms with Gasteiger partial charge in [-0.1, -0.05) is 12.1 Å². The lowest BCUT2D eigenvalue weighted by Gasteiger charge is -2.20. The summed E-state index contributed by atoms with van der Waals surface area (Å²) in [7, 11) is -4.00. The van der Waals surface area contributed by atoms with Crippen LogP contribution >= 0.6 is 0 Å². The first-order valence-electron chi connectivity index (χ1n) is 3.67. The van der Waals surface area contributed by atoms with Gasteiger partial charge >= 0.3 is 0 Å². The first-order chi connectivity index (χ1) is 5.59. The van der Waals surface area contributed by atoms with Crippen molar-refractivity contribution in [2.24, 2.45) is 0 Å². The van der Waals surface area contributed by atoms with E-state index in [1.807, 2.05) is 6.07 Å². The highest BCUT2D eigenvalue weighted by atomic mass is 32.2. The Kier molecular flexibility index (Phi) is 1.49. The molecule has 0 unspecified atom stereocenters. The predicted octanol–water partition coefficient (Wildman–Crippen LogP) is 1.03. The van der Waals surface area contributed by atoms with Gasteiger partial charge in [0.1, 0.15) is 0 Å². The average molecular weight is 184 g/mol. The maximum atomic E-state index is 10.8. The molecule has 0 bridgehead atoms. The molecule has 0 atom stereocenters. The summed E-state index contributed by atoms with van der Waals surface area (Å²) in [6.07, 6.45) is 1.67. The van der Waals surface area contributed by atoms with Crippen LogP contribution in [0.1, 0.15) is 11.1 Å². The number of hydrogen-bond donors (Lipinski definition) is 1. The molecule has 1 aromatic carbocycles. The van der Waals surface area contributed by atoms with Crippen molar-refractivity contribution in [2.75, 3.05) is 0 Å². The summed E-state index contributed by atoms with van der Waals surface area (Å²) in [6, 6.07) is 4.97. The van der Waals surface area contributed by atoms with E-state index in [9.17, 15) is 8.42 Å². The topological polar surface area (TPSA) is 54.4 Å². The van der Waals surface area contributed by atoms with E-state index in [1.54, 1.807) is 6.07 Å². The van der Waals surface area contributed by atoms with Gasteiger partial charge < -0.3 is 0 Å². The maximum Gasteiger partial charge on any atom is 0.294 e. The average Bonchev–Trinajstić information content (AvgIpc) is 1.88. The van der Waals surface area contributed by atoms with Gasteiger partial charge in [-0.05, 0) is 30.0 Å². The van der Waals surface area contributed by atoms with Gasteiger partial charge in [-0.15, -0.1) is 0 Å². The summed E-state index contributed by atoms with van der Waals surface area (Å²) in [6.45, 7) is 0. The molecule has 3 nitrogen and oxygen atoms in total. The number of fused-ring (bicyclic) bond motifs is 1. The Morgan fingerprint density at radius 2 is 2.00 bits per heavy atom. The third kappa shape index (κ3) is 1.04. The van der Waals surface area contributed by atoms with Crippen LogP contribution in [0.15, 0.2) is 23.1 Å². The summed E-state index contributed by atoms with van der Waals surface area (Å²) >= 11 is 0. The Hall–Kier alpha value is -0.870. The van der Waals surface area contributed by atoms with Crippen LogP contribution in [0.5, 0.6) is 0 Å². The van der Waals surface area contributed by atoms with Crippen molar-refractivity contribution >= 4 is 10.1 Å². The molecular weight excluding hydrogens is 176 g/mol. The van der Waals surface area contributed by atoms with Gasteiger partial charge in [0, 0.05) is 0 Å². The fraction of sp³-hybridized carbons (Fsp3) is 0.250. The van der Waals surface area contributed by atoms with Crippen molar-refractivity contribution in [3.8, 4) is 0 Å². The number of aryl methyl sites for hydroxylation is 1. The van der Waals surface area contributed by atoms with E-state index >= 15 is 0 Å². The zero-order chi connectivity index (χ0) is 8.77. The molecule has 1 aliphatic rings. The molecule has 0 heterocycles. The zero-order valence-corrected chi connectivity index (χ0v) is 7.13. The van der Waals surface area contributed by atoms with E-state index in [4.69, 9.17) is 4.55 Å². The quantitative estimate of drug-likeness (QED) is 0.663. The number of rotatable bonds is 1. The van der Waals surface area contributed by atoms with Gasteiger partial charge in [0.05, 0.1) is 4.90 Å². The molecule has 1 aliphatic carbocycles. The van der Waals surface area contributed by atoms with Gasteiger partial charge in [0.2, 0.25) is 0 Å². The van der Waals surface area contributed by atoms with Crippen molar-refractivity contribution in [1.82, 2.24) is 0 Å². The molecule has 0 radical (unpaired) electrons. The molecule has 4 heteroatoms. The Morgan fingerprint density at radius 3 is 2.42 bits per heavy atom. The van der Waals surface area contributed by atoms with Crippen LogP contribution in [0.2, 0.25) is 0 Å². The Balaban J connectivity index is 2.68. The summed E-state index contributed by atoms with van der Waals surface area (Å²) in [5.41, 5.74) is 1.81. The highest BCUT2D eigenvalue weighted by Crippen LogP contribution is 2.28.